The number of carbonyl (C=O) groups excluding carboxylic acids is 1. The van der Waals surface area contributed by atoms with E-state index in [4.69, 9.17) is 14.2 Å². The topological polar surface area (TPSA) is 44.8 Å². The van der Waals surface area contributed by atoms with Crippen LogP contribution in [0.2, 0.25) is 0 Å². The van der Waals surface area contributed by atoms with E-state index in [2.05, 4.69) is 26.0 Å². The van der Waals surface area contributed by atoms with E-state index >= 15 is 0 Å². The van der Waals surface area contributed by atoms with Crippen LogP contribution in [0.4, 0.5) is 0 Å². The van der Waals surface area contributed by atoms with Crippen LogP contribution in [-0.2, 0) is 19.0 Å². The zero-order chi connectivity index (χ0) is 13.9. The maximum atomic E-state index is 11.8. The fraction of sp³-hybridized carbons (Fsp3) is 0.800. The van der Waals surface area contributed by atoms with E-state index in [9.17, 15) is 4.79 Å². The van der Waals surface area contributed by atoms with Gasteiger partial charge in [0.1, 0.15) is 0 Å². The lowest BCUT2D eigenvalue weighted by Gasteiger charge is -2.45. The molecule has 0 radical (unpaired) electrons. The Balaban J connectivity index is 2.15. The Morgan fingerprint density at radius 2 is 2.11 bits per heavy atom. The van der Waals surface area contributed by atoms with Crippen molar-refractivity contribution in [2.75, 3.05) is 19.8 Å². The molecule has 1 aliphatic carbocycles. The van der Waals surface area contributed by atoms with Crippen LogP contribution < -0.4 is 0 Å². The lowest BCUT2D eigenvalue weighted by Crippen LogP contribution is -2.46. The van der Waals surface area contributed by atoms with Gasteiger partial charge >= 0.3 is 5.97 Å². The third kappa shape index (κ3) is 2.84. The standard InChI is InChI=1S/C15H24O4/c1-4-17-13(16)10-12-7-5-6-11(2)15(12,3)14-18-8-9-19-14/h5,7,11-12,14H,4,6,8-10H2,1-3H3/t11-,12+,15+/m1/s1. The minimum atomic E-state index is -0.216. The van der Waals surface area contributed by atoms with E-state index in [1.807, 2.05) is 6.92 Å². The average molecular weight is 268 g/mol. The fourth-order valence-electron chi connectivity index (χ4n) is 3.09. The Morgan fingerprint density at radius 1 is 1.42 bits per heavy atom. The van der Waals surface area contributed by atoms with Crippen LogP contribution in [0.3, 0.4) is 0 Å². The largest absolute Gasteiger partial charge is 0.466 e. The minimum absolute atomic E-state index is 0.110. The number of hydrogen-bond acceptors (Lipinski definition) is 4. The SMILES string of the molecule is CCOC(=O)C[C@@H]1C=CC[C@@H](C)[C@]1(C)C1OCCO1. The predicted molar refractivity (Wildman–Crippen MR) is 71.5 cm³/mol. The Morgan fingerprint density at radius 3 is 2.74 bits per heavy atom. The first-order valence-electron chi connectivity index (χ1n) is 7.14. The summed E-state index contributed by atoms with van der Waals surface area (Å²) in [7, 11) is 0. The van der Waals surface area contributed by atoms with E-state index in [0.29, 0.717) is 32.2 Å². The van der Waals surface area contributed by atoms with Gasteiger partial charge in [0.05, 0.1) is 26.2 Å². The average Bonchev–Trinajstić information content (AvgIpc) is 2.89. The molecule has 0 aromatic carbocycles. The summed E-state index contributed by atoms with van der Waals surface area (Å²) in [5, 5.41) is 0. The van der Waals surface area contributed by atoms with Gasteiger partial charge in [-0.3, -0.25) is 4.79 Å². The zero-order valence-electron chi connectivity index (χ0n) is 12.1. The summed E-state index contributed by atoms with van der Waals surface area (Å²) < 4.78 is 16.5. The van der Waals surface area contributed by atoms with Gasteiger partial charge in [-0.1, -0.05) is 26.0 Å². The molecule has 1 saturated heterocycles. The van der Waals surface area contributed by atoms with Gasteiger partial charge in [-0.2, -0.15) is 0 Å². The summed E-state index contributed by atoms with van der Waals surface area (Å²) >= 11 is 0. The molecule has 4 heteroatoms. The molecule has 1 heterocycles. The van der Waals surface area contributed by atoms with Gasteiger partial charge in [0.15, 0.2) is 6.29 Å². The molecule has 19 heavy (non-hydrogen) atoms. The molecule has 2 rings (SSSR count). The van der Waals surface area contributed by atoms with Crippen molar-refractivity contribution in [2.45, 2.75) is 39.9 Å². The number of ether oxygens (including phenoxy) is 3. The van der Waals surface area contributed by atoms with Crippen LogP contribution in [0.15, 0.2) is 12.2 Å². The van der Waals surface area contributed by atoms with Crippen LogP contribution in [0.5, 0.6) is 0 Å². The van der Waals surface area contributed by atoms with Gasteiger partial charge < -0.3 is 14.2 Å². The minimum Gasteiger partial charge on any atom is -0.466 e. The molecule has 2 aliphatic rings. The molecule has 0 N–H and O–H groups in total. The van der Waals surface area contributed by atoms with Crippen LogP contribution in [-0.4, -0.2) is 32.1 Å². The highest BCUT2D eigenvalue weighted by Crippen LogP contribution is 2.48. The third-order valence-corrected chi connectivity index (χ3v) is 4.54. The van der Waals surface area contributed by atoms with Gasteiger partial charge in [-0.25, -0.2) is 0 Å². The molecular formula is C15H24O4. The van der Waals surface area contributed by atoms with Crippen molar-refractivity contribution in [3.63, 3.8) is 0 Å². The molecule has 0 aromatic heterocycles. The van der Waals surface area contributed by atoms with Crippen LogP contribution in [0.1, 0.15) is 33.6 Å². The van der Waals surface area contributed by atoms with E-state index < -0.39 is 0 Å². The van der Waals surface area contributed by atoms with Crippen molar-refractivity contribution in [1.29, 1.82) is 0 Å². The second kappa shape index (κ2) is 6.06. The maximum Gasteiger partial charge on any atom is 0.306 e. The summed E-state index contributed by atoms with van der Waals surface area (Å²) in [6.45, 7) is 7.91. The predicted octanol–water partition coefficient (Wildman–Crippen LogP) is 2.53. The Hall–Kier alpha value is -0.870. The van der Waals surface area contributed by atoms with E-state index in [-0.39, 0.29) is 23.6 Å². The van der Waals surface area contributed by atoms with Gasteiger partial charge in [-0.15, -0.1) is 0 Å². The van der Waals surface area contributed by atoms with Crippen molar-refractivity contribution in [3.8, 4) is 0 Å². The van der Waals surface area contributed by atoms with Crippen molar-refractivity contribution in [3.05, 3.63) is 12.2 Å². The number of carbonyl (C=O) groups is 1. The number of hydrogen-bond donors (Lipinski definition) is 0. The van der Waals surface area contributed by atoms with Crippen LogP contribution >= 0.6 is 0 Å². The normalized spacial score (nSPS) is 35.5. The molecule has 1 fully saturated rings. The number of esters is 1. The molecule has 0 spiro atoms. The second-order valence-electron chi connectivity index (χ2n) is 5.62. The fourth-order valence-corrected chi connectivity index (χ4v) is 3.09. The molecule has 0 aromatic rings. The summed E-state index contributed by atoms with van der Waals surface area (Å²) in [6, 6.07) is 0. The van der Waals surface area contributed by atoms with E-state index in [1.54, 1.807) is 0 Å². The lowest BCUT2D eigenvalue weighted by molar-refractivity contribution is -0.171. The van der Waals surface area contributed by atoms with Crippen molar-refractivity contribution >= 4 is 5.97 Å². The number of allylic oxidation sites excluding steroid dienone is 2. The van der Waals surface area contributed by atoms with Crippen molar-refractivity contribution < 1.29 is 19.0 Å². The number of rotatable bonds is 4. The molecule has 1 aliphatic heterocycles. The summed E-state index contributed by atoms with van der Waals surface area (Å²) in [5.41, 5.74) is -0.169. The van der Waals surface area contributed by atoms with Crippen molar-refractivity contribution in [2.24, 2.45) is 17.3 Å². The first kappa shape index (κ1) is 14.5. The van der Waals surface area contributed by atoms with Gasteiger partial charge in [0, 0.05) is 5.41 Å². The van der Waals surface area contributed by atoms with Gasteiger partial charge in [-0.05, 0) is 25.2 Å². The first-order valence-corrected chi connectivity index (χ1v) is 7.14. The highest BCUT2D eigenvalue weighted by molar-refractivity contribution is 5.70. The smallest absolute Gasteiger partial charge is 0.306 e. The Labute approximate surface area is 115 Å². The molecular weight excluding hydrogens is 244 g/mol. The molecule has 0 amide bonds. The second-order valence-corrected chi connectivity index (χ2v) is 5.62. The third-order valence-electron chi connectivity index (χ3n) is 4.54. The van der Waals surface area contributed by atoms with E-state index in [1.165, 1.54) is 0 Å². The molecule has 0 unspecified atom stereocenters. The summed E-state index contributed by atoms with van der Waals surface area (Å²) in [4.78, 5) is 11.8. The van der Waals surface area contributed by atoms with E-state index in [0.717, 1.165) is 6.42 Å². The van der Waals surface area contributed by atoms with Crippen LogP contribution in [0.25, 0.3) is 0 Å². The quantitative estimate of drug-likeness (QED) is 0.580. The van der Waals surface area contributed by atoms with Crippen LogP contribution in [0, 0.1) is 17.3 Å². The first-order chi connectivity index (χ1) is 9.09. The zero-order valence-corrected chi connectivity index (χ0v) is 12.1. The Kier molecular flexibility index (Phi) is 4.63. The maximum absolute atomic E-state index is 11.8. The molecule has 0 bridgehead atoms. The van der Waals surface area contributed by atoms with Gasteiger partial charge in [0.2, 0.25) is 0 Å². The monoisotopic (exact) mass is 268 g/mol. The molecule has 4 nitrogen and oxygen atoms in total. The highest BCUT2D eigenvalue weighted by Gasteiger charge is 2.49. The highest BCUT2D eigenvalue weighted by atomic mass is 16.7. The molecule has 0 saturated carbocycles. The summed E-state index contributed by atoms with van der Waals surface area (Å²) in [6.07, 6.45) is 5.47. The lowest BCUT2D eigenvalue weighted by atomic mass is 9.63. The summed E-state index contributed by atoms with van der Waals surface area (Å²) in [5.74, 6) is 0.383. The van der Waals surface area contributed by atoms with Gasteiger partial charge in [0.25, 0.3) is 0 Å². The molecule has 3 atom stereocenters. The Bertz CT molecular complexity index is 346. The van der Waals surface area contributed by atoms with Crippen molar-refractivity contribution in [1.82, 2.24) is 0 Å². The molecule has 108 valence electrons.